The summed E-state index contributed by atoms with van der Waals surface area (Å²) < 4.78 is 30.3. The van der Waals surface area contributed by atoms with Crippen LogP contribution in [0.15, 0.2) is 24.3 Å². The first kappa shape index (κ1) is 18.7. The van der Waals surface area contributed by atoms with Crippen molar-refractivity contribution in [1.29, 1.82) is 0 Å². The average Bonchev–Trinajstić information content (AvgIpc) is 2.60. The lowest BCUT2D eigenvalue weighted by Crippen LogP contribution is -2.43. The number of hydrogen-bond acceptors (Lipinski definition) is 5. The molecule has 0 radical (unpaired) electrons. The van der Waals surface area contributed by atoms with Gasteiger partial charge in [0.2, 0.25) is 5.91 Å². The molecule has 1 fully saturated rings. The first-order valence-corrected chi connectivity index (χ1v) is 9.77. The molecule has 24 heavy (non-hydrogen) atoms. The number of nitrogens with zero attached hydrogens (tertiary/aromatic N) is 1. The summed E-state index contributed by atoms with van der Waals surface area (Å²) in [5, 5.41) is 1.21. The van der Waals surface area contributed by atoms with Crippen LogP contribution in [0.1, 0.15) is 25.3 Å². The van der Waals surface area contributed by atoms with Crippen LogP contribution in [0.3, 0.4) is 0 Å². The number of sulfone groups is 1. The second-order valence-electron chi connectivity index (χ2n) is 6.32. The van der Waals surface area contributed by atoms with E-state index >= 15 is 0 Å². The van der Waals surface area contributed by atoms with E-state index in [1.165, 1.54) is 6.92 Å². The minimum Gasteiger partial charge on any atom is -0.381 e. The molecule has 1 N–H and O–H groups in total. The standard InChI is InChI=1S/C17H26N2O4S/c1-13(24(21,22)16-8-10-23-11-9-16)17(20)18-12-14-4-6-15(7-5-14)19(2)3/h4-7,13,16H,8-12H2,1-3H3,(H,18,20)/t13-/m1/s1. The van der Waals surface area contributed by atoms with Crippen LogP contribution < -0.4 is 10.2 Å². The molecule has 1 aromatic carbocycles. The minimum absolute atomic E-state index is 0.320. The van der Waals surface area contributed by atoms with Crippen LogP contribution >= 0.6 is 0 Å². The van der Waals surface area contributed by atoms with Crippen molar-refractivity contribution in [3.8, 4) is 0 Å². The van der Waals surface area contributed by atoms with Gasteiger partial charge in [0.05, 0.1) is 5.25 Å². The van der Waals surface area contributed by atoms with E-state index in [4.69, 9.17) is 4.74 Å². The quantitative estimate of drug-likeness (QED) is 0.835. The van der Waals surface area contributed by atoms with Crippen molar-refractivity contribution in [3.05, 3.63) is 29.8 Å². The average molecular weight is 354 g/mol. The largest absolute Gasteiger partial charge is 0.381 e. The molecule has 1 heterocycles. The Bertz CT molecular complexity index is 650. The van der Waals surface area contributed by atoms with Crippen LogP contribution in [0, 0.1) is 0 Å². The lowest BCUT2D eigenvalue weighted by atomic mass is 10.2. The van der Waals surface area contributed by atoms with Gasteiger partial charge >= 0.3 is 0 Å². The summed E-state index contributed by atoms with van der Waals surface area (Å²) in [5.74, 6) is -0.446. The Morgan fingerprint density at radius 3 is 2.38 bits per heavy atom. The number of rotatable bonds is 6. The van der Waals surface area contributed by atoms with Gasteiger partial charge in [0.1, 0.15) is 5.25 Å². The second kappa shape index (κ2) is 7.98. The summed E-state index contributed by atoms with van der Waals surface area (Å²) in [6.07, 6.45) is 0.928. The third-order valence-corrected chi connectivity index (χ3v) is 7.01. The van der Waals surface area contributed by atoms with E-state index in [2.05, 4.69) is 5.32 Å². The zero-order chi connectivity index (χ0) is 17.7. The predicted molar refractivity (Wildman–Crippen MR) is 94.8 cm³/mol. The molecule has 1 atom stereocenters. The number of ether oxygens (including phenoxy) is 1. The maximum absolute atomic E-state index is 12.5. The van der Waals surface area contributed by atoms with E-state index in [1.54, 1.807) is 0 Å². The van der Waals surface area contributed by atoms with Gasteiger partial charge in [0, 0.05) is 39.5 Å². The van der Waals surface area contributed by atoms with E-state index in [1.807, 2.05) is 43.3 Å². The molecule has 1 amide bonds. The van der Waals surface area contributed by atoms with Gasteiger partial charge in [0.25, 0.3) is 0 Å². The highest BCUT2D eigenvalue weighted by Gasteiger charge is 2.36. The fourth-order valence-electron chi connectivity index (χ4n) is 2.69. The van der Waals surface area contributed by atoms with Gasteiger partial charge in [-0.1, -0.05) is 12.1 Å². The molecular weight excluding hydrogens is 328 g/mol. The Kier molecular flexibility index (Phi) is 6.23. The first-order chi connectivity index (χ1) is 11.3. The molecule has 1 aliphatic rings. The zero-order valence-electron chi connectivity index (χ0n) is 14.5. The van der Waals surface area contributed by atoms with Gasteiger partial charge in [-0.2, -0.15) is 0 Å². The van der Waals surface area contributed by atoms with Crippen molar-refractivity contribution < 1.29 is 17.9 Å². The number of carbonyl (C=O) groups excluding carboxylic acids is 1. The lowest BCUT2D eigenvalue weighted by molar-refractivity contribution is -0.120. The van der Waals surface area contributed by atoms with Gasteiger partial charge in [-0.25, -0.2) is 8.42 Å². The van der Waals surface area contributed by atoms with Gasteiger partial charge in [-0.05, 0) is 37.5 Å². The van der Waals surface area contributed by atoms with Gasteiger partial charge in [-0.15, -0.1) is 0 Å². The Hall–Kier alpha value is -1.60. The number of hydrogen-bond donors (Lipinski definition) is 1. The zero-order valence-corrected chi connectivity index (χ0v) is 15.3. The topological polar surface area (TPSA) is 75.7 Å². The van der Waals surface area contributed by atoms with Crippen LogP contribution in [0.2, 0.25) is 0 Å². The molecule has 0 saturated carbocycles. The Morgan fingerprint density at radius 2 is 1.83 bits per heavy atom. The number of benzene rings is 1. The number of nitrogens with one attached hydrogen (secondary N) is 1. The second-order valence-corrected chi connectivity index (χ2v) is 8.87. The van der Waals surface area contributed by atoms with E-state index in [0.717, 1.165) is 11.3 Å². The molecule has 0 bridgehead atoms. The SMILES string of the molecule is C[C@H](C(=O)NCc1ccc(N(C)C)cc1)S(=O)(=O)C1CCOCC1. The van der Waals surface area contributed by atoms with Crippen molar-refractivity contribution in [3.63, 3.8) is 0 Å². The summed E-state index contributed by atoms with van der Waals surface area (Å²) >= 11 is 0. The van der Waals surface area contributed by atoms with Crippen molar-refractivity contribution in [1.82, 2.24) is 5.32 Å². The molecule has 0 aromatic heterocycles. The Balaban J connectivity index is 1.93. The highest BCUT2D eigenvalue weighted by atomic mass is 32.2. The maximum Gasteiger partial charge on any atom is 0.238 e. The van der Waals surface area contributed by atoms with Crippen LogP contribution in [-0.4, -0.2) is 52.1 Å². The molecule has 134 valence electrons. The Morgan fingerprint density at radius 1 is 1.25 bits per heavy atom. The number of carbonyl (C=O) groups is 1. The van der Waals surface area contributed by atoms with Crippen molar-refractivity contribution in [2.75, 3.05) is 32.2 Å². The molecule has 2 rings (SSSR count). The van der Waals surface area contributed by atoms with Gasteiger partial charge in [0.15, 0.2) is 9.84 Å². The summed E-state index contributed by atoms with van der Waals surface area (Å²) in [7, 11) is 0.434. The molecule has 1 aliphatic heterocycles. The van der Waals surface area contributed by atoms with E-state index in [-0.39, 0.29) is 0 Å². The van der Waals surface area contributed by atoms with E-state index in [9.17, 15) is 13.2 Å². The smallest absolute Gasteiger partial charge is 0.238 e. The molecule has 0 spiro atoms. The number of amides is 1. The summed E-state index contributed by atoms with van der Waals surface area (Å²) in [4.78, 5) is 14.2. The first-order valence-electron chi connectivity index (χ1n) is 8.17. The molecule has 0 unspecified atom stereocenters. The van der Waals surface area contributed by atoms with Crippen LogP contribution in [0.25, 0.3) is 0 Å². The van der Waals surface area contributed by atoms with Crippen molar-refractivity contribution in [2.24, 2.45) is 0 Å². The highest BCUT2D eigenvalue weighted by Crippen LogP contribution is 2.20. The molecule has 1 saturated heterocycles. The molecule has 7 heteroatoms. The molecule has 1 aromatic rings. The maximum atomic E-state index is 12.5. The van der Waals surface area contributed by atoms with Crippen molar-refractivity contribution >= 4 is 21.4 Å². The molecule has 6 nitrogen and oxygen atoms in total. The van der Waals surface area contributed by atoms with Gasteiger partial charge < -0.3 is 15.0 Å². The summed E-state index contributed by atoms with van der Waals surface area (Å²) in [6.45, 7) is 2.67. The van der Waals surface area contributed by atoms with Crippen molar-refractivity contribution in [2.45, 2.75) is 36.8 Å². The lowest BCUT2D eigenvalue weighted by Gasteiger charge is -2.25. The minimum atomic E-state index is -3.48. The van der Waals surface area contributed by atoms with E-state index < -0.39 is 26.2 Å². The van der Waals surface area contributed by atoms with E-state index in [0.29, 0.717) is 32.6 Å². The summed E-state index contributed by atoms with van der Waals surface area (Å²) in [6, 6.07) is 7.77. The van der Waals surface area contributed by atoms with Crippen LogP contribution in [-0.2, 0) is 25.9 Å². The third kappa shape index (κ3) is 4.48. The monoisotopic (exact) mass is 354 g/mol. The predicted octanol–water partition coefficient (Wildman–Crippen LogP) is 1.35. The summed E-state index contributed by atoms with van der Waals surface area (Å²) in [5.41, 5.74) is 2.00. The van der Waals surface area contributed by atoms with Crippen LogP contribution in [0.4, 0.5) is 5.69 Å². The van der Waals surface area contributed by atoms with Crippen LogP contribution in [0.5, 0.6) is 0 Å². The third-order valence-electron chi connectivity index (χ3n) is 4.41. The number of anilines is 1. The highest BCUT2D eigenvalue weighted by molar-refractivity contribution is 7.93. The van der Waals surface area contributed by atoms with Gasteiger partial charge in [-0.3, -0.25) is 4.79 Å². The fourth-order valence-corrected chi connectivity index (χ4v) is 4.50. The Labute approximate surface area is 144 Å². The normalized spacial score (nSPS) is 17.3. The fraction of sp³-hybridized carbons (Fsp3) is 0.588. The molecule has 0 aliphatic carbocycles. The molecular formula is C17H26N2O4S.